The second kappa shape index (κ2) is 18.0. The Morgan fingerprint density at radius 2 is 1.17 bits per heavy atom. The van der Waals surface area contributed by atoms with Crippen LogP contribution in [-0.4, -0.2) is 34.8 Å². The monoisotopic (exact) mass is 698 g/mol. The van der Waals surface area contributed by atoms with Crippen molar-refractivity contribution in [2.75, 3.05) is 0 Å². The van der Waals surface area contributed by atoms with Gasteiger partial charge in [0.05, 0.1) is 35.4 Å². The van der Waals surface area contributed by atoms with Gasteiger partial charge in [0.1, 0.15) is 17.3 Å². The third kappa shape index (κ3) is 10.4. The Kier molecular flexibility index (Phi) is 12.2. The summed E-state index contributed by atoms with van der Waals surface area (Å²) in [5.74, 6) is 1.27. The van der Waals surface area contributed by atoms with Crippen molar-refractivity contribution >= 4 is 6.08 Å². The number of phenols is 1. The lowest BCUT2D eigenvalue weighted by atomic mass is 10.0. The first-order chi connectivity index (χ1) is 25.9. The molecule has 0 spiro atoms. The van der Waals surface area contributed by atoms with E-state index < -0.39 is 0 Å². The van der Waals surface area contributed by atoms with Crippen LogP contribution >= 0.6 is 0 Å². The summed E-state index contributed by atoms with van der Waals surface area (Å²) in [5, 5.41) is 21.5. The molecule has 262 valence electrons. The van der Waals surface area contributed by atoms with Crippen LogP contribution in [-0.2, 0) is 44.0 Å². The second-order valence-electron chi connectivity index (χ2n) is 12.5. The molecule has 0 radical (unpaired) electrons. The number of aromatic nitrogens is 4. The average Bonchev–Trinajstić information content (AvgIpc) is 3.17. The summed E-state index contributed by atoms with van der Waals surface area (Å²) in [6, 6.07) is 29.3. The van der Waals surface area contributed by atoms with E-state index in [2.05, 4.69) is 34.6 Å². The number of ether oxygens (including phenoxy) is 1. The Morgan fingerprint density at radius 1 is 0.717 bits per heavy atom. The van der Waals surface area contributed by atoms with Crippen molar-refractivity contribution in [2.24, 2.45) is 0 Å². The maximum Gasteiger partial charge on any atom is 0.269 e. The van der Waals surface area contributed by atoms with Gasteiger partial charge in [0.2, 0.25) is 0 Å². The molecule has 0 saturated carbocycles. The molecule has 0 fully saturated rings. The predicted octanol–water partition coefficient (Wildman–Crippen LogP) is 7.91. The maximum absolute atomic E-state index is 12.0. The van der Waals surface area contributed by atoms with Gasteiger partial charge in [0.15, 0.2) is 0 Å². The first-order valence-electron chi connectivity index (χ1n) is 17.1. The molecule has 1 aliphatic heterocycles. The van der Waals surface area contributed by atoms with Gasteiger partial charge in [0.25, 0.3) is 5.70 Å². The van der Waals surface area contributed by atoms with Gasteiger partial charge in [-0.05, 0) is 97.0 Å². The maximum atomic E-state index is 12.0. The molecule has 0 atom stereocenters. The van der Waals surface area contributed by atoms with E-state index in [1.165, 1.54) is 0 Å². The number of hydrogen-bond acceptors (Lipinski definition) is 9. The SMILES string of the molecule is [C-]#[N+]/C(C#N)=C1/C=C(C)OC(/C=C/c2cc(CN(Cc3ccccn3)Cc3ccccn3)c(O)c(CN(Cc3ccccn3)Cc3ccccn3)c2)=C1. The minimum absolute atomic E-state index is 0.00503. The molecule has 0 aliphatic carbocycles. The minimum atomic E-state index is -0.00503. The van der Waals surface area contributed by atoms with Crippen LogP contribution in [0.2, 0.25) is 0 Å². The van der Waals surface area contributed by atoms with Crippen LogP contribution in [0.5, 0.6) is 5.75 Å². The molecule has 0 amide bonds. The van der Waals surface area contributed by atoms with Gasteiger partial charge in [-0.15, -0.1) is 0 Å². The third-order valence-electron chi connectivity index (χ3n) is 8.39. The molecule has 1 aliphatic rings. The number of pyridine rings is 4. The normalized spacial score (nSPS) is 13.6. The smallest absolute Gasteiger partial charge is 0.269 e. The summed E-state index contributed by atoms with van der Waals surface area (Å²) in [4.78, 5) is 26.1. The average molecular weight is 699 g/mol. The van der Waals surface area contributed by atoms with Crippen molar-refractivity contribution in [3.05, 3.63) is 202 Å². The molecule has 4 aromatic heterocycles. The number of nitrogens with zero attached hydrogens (tertiary/aromatic N) is 8. The molecule has 0 bridgehead atoms. The highest BCUT2D eigenvalue weighted by molar-refractivity contribution is 5.60. The molecule has 10 nitrogen and oxygen atoms in total. The van der Waals surface area contributed by atoms with Crippen molar-refractivity contribution < 1.29 is 9.84 Å². The van der Waals surface area contributed by atoms with Crippen molar-refractivity contribution in [1.29, 1.82) is 5.26 Å². The van der Waals surface area contributed by atoms with Crippen molar-refractivity contribution in [3.8, 4) is 11.8 Å². The summed E-state index contributed by atoms with van der Waals surface area (Å²) in [5.41, 5.74) is 6.42. The number of aromatic hydroxyl groups is 1. The van der Waals surface area contributed by atoms with E-state index in [0.29, 0.717) is 56.4 Å². The Balaban J connectivity index is 1.39. The van der Waals surface area contributed by atoms with Crippen molar-refractivity contribution in [1.82, 2.24) is 29.7 Å². The third-order valence-corrected chi connectivity index (χ3v) is 8.39. The first-order valence-corrected chi connectivity index (χ1v) is 17.1. The fourth-order valence-electron chi connectivity index (χ4n) is 6.03. The summed E-state index contributed by atoms with van der Waals surface area (Å²) in [6.07, 6.45) is 14.2. The van der Waals surface area contributed by atoms with Gasteiger partial charge in [-0.2, -0.15) is 0 Å². The molecule has 6 rings (SSSR count). The highest BCUT2D eigenvalue weighted by Crippen LogP contribution is 2.31. The van der Waals surface area contributed by atoms with Gasteiger partial charge < -0.3 is 9.84 Å². The fraction of sp³-hybridized carbons (Fsp3) is 0.163. The summed E-state index contributed by atoms with van der Waals surface area (Å²) in [6.45, 7) is 12.2. The van der Waals surface area contributed by atoms with Crippen molar-refractivity contribution in [2.45, 2.75) is 46.2 Å². The lowest BCUT2D eigenvalue weighted by molar-refractivity contribution is 0.231. The quantitative estimate of drug-likeness (QED) is 0.0913. The molecular formula is C43H38N8O2. The Hall–Kier alpha value is -6.72. The van der Waals surface area contributed by atoms with Gasteiger partial charge in [-0.1, -0.05) is 30.3 Å². The molecule has 1 N–H and O–H groups in total. The Labute approximate surface area is 309 Å². The predicted molar refractivity (Wildman–Crippen MR) is 202 cm³/mol. The van der Waals surface area contributed by atoms with Gasteiger partial charge in [0, 0.05) is 75.2 Å². The molecular weight excluding hydrogens is 661 g/mol. The number of hydrogen-bond donors (Lipinski definition) is 1. The number of nitriles is 1. The molecule has 5 aromatic rings. The Morgan fingerprint density at radius 3 is 1.55 bits per heavy atom. The number of allylic oxidation sites excluding steroid dienone is 6. The van der Waals surface area contributed by atoms with Crippen LogP contribution in [0.15, 0.2) is 151 Å². The highest BCUT2D eigenvalue weighted by atomic mass is 16.5. The minimum Gasteiger partial charge on any atom is -0.507 e. The molecule has 53 heavy (non-hydrogen) atoms. The zero-order valence-electron chi connectivity index (χ0n) is 29.4. The van der Waals surface area contributed by atoms with E-state index in [4.69, 9.17) is 11.3 Å². The largest absolute Gasteiger partial charge is 0.507 e. The van der Waals surface area contributed by atoms with Crippen molar-refractivity contribution in [3.63, 3.8) is 0 Å². The van der Waals surface area contributed by atoms with E-state index in [1.807, 2.05) is 103 Å². The highest BCUT2D eigenvalue weighted by Gasteiger charge is 2.19. The number of benzene rings is 1. The zero-order valence-corrected chi connectivity index (χ0v) is 29.4. The second-order valence-corrected chi connectivity index (χ2v) is 12.5. The number of phenolic OH excluding ortho intramolecular Hbond substituents is 1. The summed E-state index contributed by atoms with van der Waals surface area (Å²) in [7, 11) is 0. The molecule has 0 unspecified atom stereocenters. The van der Waals surface area contributed by atoms with Crippen LogP contribution in [0.1, 0.15) is 46.4 Å². The van der Waals surface area contributed by atoms with Crippen LogP contribution in [0.4, 0.5) is 0 Å². The number of rotatable bonds is 14. The lowest BCUT2D eigenvalue weighted by Crippen LogP contribution is -2.25. The first kappa shape index (κ1) is 36.1. The summed E-state index contributed by atoms with van der Waals surface area (Å²) >= 11 is 0. The van der Waals surface area contributed by atoms with E-state index >= 15 is 0 Å². The van der Waals surface area contributed by atoms with E-state index in [0.717, 1.165) is 39.5 Å². The summed E-state index contributed by atoms with van der Waals surface area (Å²) < 4.78 is 5.95. The topological polar surface area (TPSA) is 116 Å². The van der Waals surface area contributed by atoms with Gasteiger partial charge >= 0.3 is 0 Å². The molecule has 5 heterocycles. The Bertz CT molecular complexity index is 2000. The van der Waals surface area contributed by atoms with Crippen LogP contribution in [0.3, 0.4) is 0 Å². The van der Waals surface area contributed by atoms with E-state index in [1.54, 1.807) is 43.9 Å². The standard InChI is InChI=1S/C43H38N8O2/c1-32-21-34(42(25-44)45-2)24-41(53-32)16-15-33-22-35(26-50(28-37-11-3-7-17-46-37)29-38-12-4-8-18-47-38)43(52)36(23-33)27-51(30-39-13-5-9-19-48-39)31-40-14-6-10-20-49-40/h3-24,52H,26-31H2,1H3/b16-15+,42-34-. The van der Waals surface area contributed by atoms with Gasteiger partial charge in [-0.25, -0.2) is 10.1 Å². The van der Waals surface area contributed by atoms with E-state index in [-0.39, 0.29) is 11.4 Å². The van der Waals surface area contributed by atoms with Gasteiger partial charge in [-0.3, -0.25) is 29.7 Å². The lowest BCUT2D eigenvalue weighted by Gasteiger charge is -2.25. The molecule has 1 aromatic carbocycles. The zero-order chi connectivity index (χ0) is 36.8. The molecule has 10 heteroatoms. The fourth-order valence-corrected chi connectivity index (χ4v) is 6.03. The van der Waals surface area contributed by atoms with E-state index in [9.17, 15) is 10.4 Å². The molecule has 0 saturated heterocycles. The van der Waals surface area contributed by atoms with Crippen LogP contribution in [0.25, 0.3) is 10.9 Å². The van der Waals surface area contributed by atoms with Crippen LogP contribution < -0.4 is 0 Å². The van der Waals surface area contributed by atoms with Crippen LogP contribution in [0, 0.1) is 17.9 Å².